The van der Waals surface area contributed by atoms with Crippen molar-refractivity contribution >= 4 is 0 Å². The second-order valence-corrected chi connectivity index (χ2v) is 5.02. The molecule has 0 aromatic rings. The van der Waals surface area contributed by atoms with E-state index in [1.54, 1.807) is 0 Å². The van der Waals surface area contributed by atoms with E-state index in [0.29, 0.717) is 0 Å². The van der Waals surface area contributed by atoms with Crippen molar-refractivity contribution in [3.63, 3.8) is 0 Å². The van der Waals surface area contributed by atoms with Crippen molar-refractivity contribution < 1.29 is 4.74 Å². The predicted octanol–water partition coefficient (Wildman–Crippen LogP) is 2.12. The van der Waals surface area contributed by atoms with E-state index in [4.69, 9.17) is 4.74 Å². The van der Waals surface area contributed by atoms with Crippen LogP contribution in [0.25, 0.3) is 0 Å². The summed E-state index contributed by atoms with van der Waals surface area (Å²) in [6.45, 7) is 12.2. The van der Waals surface area contributed by atoms with Crippen molar-refractivity contribution in [3.05, 3.63) is 0 Å². The Balaban J connectivity index is 1.91. The third-order valence-corrected chi connectivity index (χ3v) is 3.63. The van der Waals surface area contributed by atoms with Crippen LogP contribution >= 0.6 is 0 Å². The molecule has 102 valence electrons. The number of piperidine rings is 1. The normalized spacial score (nSPS) is 21.9. The Hall–Kier alpha value is -0.120. The summed E-state index contributed by atoms with van der Waals surface area (Å²) < 4.78 is 5.31. The van der Waals surface area contributed by atoms with Crippen LogP contribution in [0.4, 0.5) is 0 Å². The van der Waals surface area contributed by atoms with Gasteiger partial charge in [0.1, 0.15) is 0 Å². The van der Waals surface area contributed by atoms with Crippen LogP contribution in [0.5, 0.6) is 0 Å². The van der Waals surface area contributed by atoms with Gasteiger partial charge in [-0.3, -0.25) is 0 Å². The van der Waals surface area contributed by atoms with Crippen LogP contribution in [-0.4, -0.2) is 50.8 Å². The van der Waals surface area contributed by atoms with E-state index in [1.165, 1.54) is 38.9 Å². The number of likely N-dealkylation sites (tertiary alicyclic amines) is 1. The molecule has 3 nitrogen and oxygen atoms in total. The lowest BCUT2D eigenvalue weighted by Crippen LogP contribution is -2.39. The quantitative estimate of drug-likeness (QED) is 0.627. The molecular formula is C14H30N2O. The van der Waals surface area contributed by atoms with E-state index in [-0.39, 0.29) is 0 Å². The Morgan fingerprint density at radius 2 is 2.18 bits per heavy atom. The fourth-order valence-corrected chi connectivity index (χ4v) is 2.49. The third-order valence-electron chi connectivity index (χ3n) is 3.63. The average molecular weight is 242 g/mol. The minimum Gasteiger partial charge on any atom is -0.382 e. The second-order valence-electron chi connectivity index (χ2n) is 5.02. The lowest BCUT2D eigenvalue weighted by Gasteiger charge is -2.32. The van der Waals surface area contributed by atoms with Gasteiger partial charge in [-0.15, -0.1) is 0 Å². The van der Waals surface area contributed by atoms with Gasteiger partial charge in [0, 0.05) is 32.8 Å². The molecular weight excluding hydrogens is 212 g/mol. The molecule has 0 radical (unpaired) electrons. The standard InChI is InChI=1S/C14H30N2O/c1-3-14-7-5-10-16(13-14)11-9-15-8-6-12-17-4-2/h14-15H,3-13H2,1-2H3. The fourth-order valence-electron chi connectivity index (χ4n) is 2.49. The Bertz CT molecular complexity index is 176. The number of rotatable bonds is 9. The van der Waals surface area contributed by atoms with Crippen molar-refractivity contribution in [1.29, 1.82) is 0 Å². The highest BCUT2D eigenvalue weighted by Gasteiger charge is 2.17. The smallest absolute Gasteiger partial charge is 0.0477 e. The molecule has 1 aliphatic rings. The molecule has 17 heavy (non-hydrogen) atoms. The number of hydrogen-bond acceptors (Lipinski definition) is 3. The first-order valence-electron chi connectivity index (χ1n) is 7.37. The molecule has 1 rings (SSSR count). The largest absolute Gasteiger partial charge is 0.382 e. The highest BCUT2D eigenvalue weighted by atomic mass is 16.5. The molecule has 0 amide bonds. The zero-order chi connectivity index (χ0) is 12.3. The van der Waals surface area contributed by atoms with E-state index in [9.17, 15) is 0 Å². The van der Waals surface area contributed by atoms with Gasteiger partial charge in [0.2, 0.25) is 0 Å². The molecule has 1 N–H and O–H groups in total. The Morgan fingerprint density at radius 1 is 1.29 bits per heavy atom. The molecule has 1 unspecified atom stereocenters. The van der Waals surface area contributed by atoms with Crippen molar-refractivity contribution in [2.24, 2.45) is 5.92 Å². The Kier molecular flexibility index (Phi) is 8.67. The first kappa shape index (κ1) is 14.9. The molecule has 0 aromatic carbocycles. The van der Waals surface area contributed by atoms with Gasteiger partial charge in [0.15, 0.2) is 0 Å². The summed E-state index contributed by atoms with van der Waals surface area (Å²) in [4.78, 5) is 2.62. The summed E-state index contributed by atoms with van der Waals surface area (Å²) in [6, 6.07) is 0. The van der Waals surface area contributed by atoms with Gasteiger partial charge in [0.25, 0.3) is 0 Å². The van der Waals surface area contributed by atoms with E-state index >= 15 is 0 Å². The summed E-state index contributed by atoms with van der Waals surface area (Å²) >= 11 is 0. The third kappa shape index (κ3) is 7.02. The highest BCUT2D eigenvalue weighted by molar-refractivity contribution is 4.72. The predicted molar refractivity (Wildman–Crippen MR) is 73.4 cm³/mol. The van der Waals surface area contributed by atoms with Gasteiger partial charge in [0.05, 0.1) is 0 Å². The van der Waals surface area contributed by atoms with Crippen LogP contribution < -0.4 is 5.32 Å². The van der Waals surface area contributed by atoms with Crippen LogP contribution in [-0.2, 0) is 4.74 Å². The van der Waals surface area contributed by atoms with E-state index in [2.05, 4.69) is 17.1 Å². The SMILES string of the molecule is CCOCCCNCCN1CCCC(CC)C1. The maximum atomic E-state index is 5.31. The van der Waals surface area contributed by atoms with E-state index in [1.807, 2.05) is 6.92 Å². The lowest BCUT2D eigenvalue weighted by atomic mass is 9.96. The number of ether oxygens (including phenoxy) is 1. The summed E-state index contributed by atoms with van der Waals surface area (Å²) in [7, 11) is 0. The Labute approximate surface area is 107 Å². The summed E-state index contributed by atoms with van der Waals surface area (Å²) in [5.74, 6) is 0.946. The molecule has 0 bridgehead atoms. The van der Waals surface area contributed by atoms with Crippen molar-refractivity contribution in [2.45, 2.75) is 39.5 Å². The minimum absolute atomic E-state index is 0.839. The van der Waals surface area contributed by atoms with E-state index < -0.39 is 0 Å². The molecule has 1 fully saturated rings. The zero-order valence-corrected chi connectivity index (χ0v) is 11.7. The van der Waals surface area contributed by atoms with Crippen molar-refractivity contribution in [2.75, 3.05) is 45.9 Å². The molecule has 1 atom stereocenters. The van der Waals surface area contributed by atoms with Gasteiger partial charge in [-0.25, -0.2) is 0 Å². The summed E-state index contributed by atoms with van der Waals surface area (Å²) in [6.07, 6.45) is 5.31. The molecule has 1 aliphatic heterocycles. The zero-order valence-electron chi connectivity index (χ0n) is 11.7. The maximum absolute atomic E-state index is 5.31. The van der Waals surface area contributed by atoms with Gasteiger partial charge in [-0.1, -0.05) is 13.3 Å². The van der Waals surface area contributed by atoms with Gasteiger partial charge >= 0.3 is 0 Å². The van der Waals surface area contributed by atoms with Crippen LogP contribution in [0.15, 0.2) is 0 Å². The molecule has 0 spiro atoms. The van der Waals surface area contributed by atoms with Crippen molar-refractivity contribution in [1.82, 2.24) is 10.2 Å². The summed E-state index contributed by atoms with van der Waals surface area (Å²) in [5, 5.41) is 3.50. The molecule has 0 aliphatic carbocycles. The van der Waals surface area contributed by atoms with Crippen molar-refractivity contribution in [3.8, 4) is 0 Å². The first-order valence-corrected chi connectivity index (χ1v) is 7.37. The number of nitrogens with zero attached hydrogens (tertiary/aromatic N) is 1. The molecule has 0 saturated carbocycles. The van der Waals surface area contributed by atoms with E-state index in [0.717, 1.165) is 38.6 Å². The average Bonchev–Trinajstić information content (AvgIpc) is 2.38. The fraction of sp³-hybridized carbons (Fsp3) is 1.00. The maximum Gasteiger partial charge on any atom is 0.0477 e. The Morgan fingerprint density at radius 3 is 2.94 bits per heavy atom. The lowest BCUT2D eigenvalue weighted by molar-refractivity contribution is 0.143. The van der Waals surface area contributed by atoms with Crippen LogP contribution in [0.3, 0.4) is 0 Å². The topological polar surface area (TPSA) is 24.5 Å². The van der Waals surface area contributed by atoms with Crippen LogP contribution in [0.1, 0.15) is 39.5 Å². The molecule has 1 saturated heterocycles. The molecule has 0 aromatic heterocycles. The molecule has 1 heterocycles. The van der Waals surface area contributed by atoms with Crippen LogP contribution in [0, 0.1) is 5.92 Å². The van der Waals surface area contributed by atoms with Gasteiger partial charge in [-0.2, -0.15) is 0 Å². The monoisotopic (exact) mass is 242 g/mol. The minimum atomic E-state index is 0.839. The van der Waals surface area contributed by atoms with Crippen LogP contribution in [0.2, 0.25) is 0 Å². The number of hydrogen-bond donors (Lipinski definition) is 1. The van der Waals surface area contributed by atoms with Gasteiger partial charge in [-0.05, 0) is 45.2 Å². The highest BCUT2D eigenvalue weighted by Crippen LogP contribution is 2.18. The van der Waals surface area contributed by atoms with Gasteiger partial charge < -0.3 is 15.0 Å². The second kappa shape index (κ2) is 9.86. The molecule has 3 heteroatoms. The number of nitrogens with one attached hydrogen (secondary N) is 1. The summed E-state index contributed by atoms with van der Waals surface area (Å²) in [5.41, 5.74) is 0. The first-order chi connectivity index (χ1) is 8.36.